The fourth-order valence-electron chi connectivity index (χ4n) is 2.58. The summed E-state index contributed by atoms with van der Waals surface area (Å²) in [5, 5.41) is 5.88. The van der Waals surface area contributed by atoms with E-state index in [1.165, 1.54) is 12.8 Å². The minimum atomic E-state index is -0.163. The van der Waals surface area contributed by atoms with Gasteiger partial charge in [-0.2, -0.15) is 0 Å². The number of amides is 2. The van der Waals surface area contributed by atoms with Gasteiger partial charge in [-0.3, -0.25) is 9.59 Å². The number of nitrogens with one attached hydrogen (secondary N) is 2. The molecule has 1 aromatic rings. The van der Waals surface area contributed by atoms with Crippen LogP contribution in [0.25, 0.3) is 0 Å². The lowest BCUT2D eigenvalue weighted by Crippen LogP contribution is -2.39. The Morgan fingerprint density at radius 1 is 1.20 bits per heavy atom. The number of rotatable bonds is 5. The highest BCUT2D eigenvalue weighted by Crippen LogP contribution is 2.17. The molecule has 108 valence electrons. The van der Waals surface area contributed by atoms with E-state index in [1.54, 1.807) is 12.1 Å². The summed E-state index contributed by atoms with van der Waals surface area (Å²) in [5.74, 6) is -0.107. The van der Waals surface area contributed by atoms with E-state index in [0.717, 1.165) is 12.8 Å². The van der Waals surface area contributed by atoms with E-state index in [0.29, 0.717) is 18.0 Å². The van der Waals surface area contributed by atoms with Crippen molar-refractivity contribution in [1.29, 1.82) is 0 Å². The van der Waals surface area contributed by atoms with Gasteiger partial charge in [-0.1, -0.05) is 31.0 Å². The van der Waals surface area contributed by atoms with E-state index in [4.69, 9.17) is 0 Å². The van der Waals surface area contributed by atoms with Crippen molar-refractivity contribution in [3.05, 3.63) is 35.9 Å². The zero-order valence-corrected chi connectivity index (χ0v) is 11.9. The highest BCUT2D eigenvalue weighted by molar-refractivity contribution is 5.94. The highest BCUT2D eigenvalue weighted by atomic mass is 16.2. The molecular weight excluding hydrogens is 252 g/mol. The van der Waals surface area contributed by atoms with E-state index < -0.39 is 0 Å². The number of hydrogen-bond acceptors (Lipinski definition) is 2. The van der Waals surface area contributed by atoms with Gasteiger partial charge in [0.15, 0.2) is 0 Å². The fourth-order valence-corrected chi connectivity index (χ4v) is 2.58. The van der Waals surface area contributed by atoms with E-state index >= 15 is 0 Å². The maximum atomic E-state index is 11.9. The van der Waals surface area contributed by atoms with Crippen molar-refractivity contribution in [2.75, 3.05) is 0 Å². The zero-order chi connectivity index (χ0) is 14.4. The Balaban J connectivity index is 1.75. The third kappa shape index (κ3) is 4.37. The molecular formula is C16H22N2O2. The predicted molar refractivity (Wildman–Crippen MR) is 78.4 cm³/mol. The van der Waals surface area contributed by atoms with Crippen molar-refractivity contribution in [3.8, 4) is 0 Å². The van der Waals surface area contributed by atoms with Crippen LogP contribution in [-0.4, -0.2) is 23.9 Å². The molecule has 0 aliphatic heterocycles. The molecule has 0 bridgehead atoms. The molecule has 1 fully saturated rings. The topological polar surface area (TPSA) is 58.2 Å². The minimum Gasteiger partial charge on any atom is -0.353 e. The van der Waals surface area contributed by atoms with Crippen molar-refractivity contribution < 1.29 is 9.59 Å². The van der Waals surface area contributed by atoms with Gasteiger partial charge in [0, 0.05) is 24.1 Å². The van der Waals surface area contributed by atoms with Crippen LogP contribution in [0.2, 0.25) is 0 Å². The molecule has 0 radical (unpaired) electrons. The summed E-state index contributed by atoms with van der Waals surface area (Å²) in [7, 11) is 0. The van der Waals surface area contributed by atoms with Gasteiger partial charge >= 0.3 is 0 Å². The molecule has 0 heterocycles. The second-order valence-corrected chi connectivity index (χ2v) is 5.49. The molecule has 4 nitrogen and oxygen atoms in total. The number of benzene rings is 1. The number of hydrogen-bond donors (Lipinski definition) is 2. The maximum Gasteiger partial charge on any atom is 0.251 e. The zero-order valence-electron chi connectivity index (χ0n) is 11.9. The van der Waals surface area contributed by atoms with Crippen LogP contribution in [-0.2, 0) is 4.79 Å². The molecule has 1 unspecified atom stereocenters. The molecule has 0 spiro atoms. The van der Waals surface area contributed by atoms with Crippen molar-refractivity contribution in [2.24, 2.45) is 0 Å². The second-order valence-electron chi connectivity index (χ2n) is 5.49. The first kappa shape index (κ1) is 14.6. The monoisotopic (exact) mass is 274 g/mol. The molecule has 2 N–H and O–H groups in total. The first-order valence-corrected chi connectivity index (χ1v) is 7.30. The molecule has 1 saturated carbocycles. The van der Waals surface area contributed by atoms with Crippen LogP contribution < -0.4 is 10.6 Å². The minimum absolute atomic E-state index is 0.0257. The van der Waals surface area contributed by atoms with E-state index in [-0.39, 0.29) is 17.9 Å². The van der Waals surface area contributed by atoms with Crippen LogP contribution in [0, 0.1) is 0 Å². The summed E-state index contributed by atoms with van der Waals surface area (Å²) in [6, 6.07) is 9.22. The van der Waals surface area contributed by atoms with E-state index in [1.807, 2.05) is 25.1 Å². The quantitative estimate of drug-likeness (QED) is 0.865. The smallest absolute Gasteiger partial charge is 0.251 e. The van der Waals surface area contributed by atoms with Gasteiger partial charge in [-0.05, 0) is 31.9 Å². The van der Waals surface area contributed by atoms with Crippen LogP contribution in [0.15, 0.2) is 30.3 Å². The molecule has 1 aliphatic carbocycles. The van der Waals surface area contributed by atoms with Gasteiger partial charge < -0.3 is 10.6 Å². The third-order valence-corrected chi connectivity index (χ3v) is 3.63. The maximum absolute atomic E-state index is 11.9. The third-order valence-electron chi connectivity index (χ3n) is 3.63. The second kappa shape index (κ2) is 7.08. The largest absolute Gasteiger partial charge is 0.353 e. The van der Waals surface area contributed by atoms with Gasteiger partial charge in [-0.25, -0.2) is 0 Å². The predicted octanol–water partition coefficient (Wildman–Crippen LogP) is 2.25. The van der Waals surface area contributed by atoms with Crippen LogP contribution in [0.1, 0.15) is 49.4 Å². The average Bonchev–Trinajstić information content (AvgIpc) is 2.92. The summed E-state index contributed by atoms with van der Waals surface area (Å²) in [6.07, 6.45) is 4.89. The van der Waals surface area contributed by atoms with Crippen LogP contribution in [0.3, 0.4) is 0 Å². The molecule has 1 aromatic carbocycles. The van der Waals surface area contributed by atoms with Crippen molar-refractivity contribution in [3.63, 3.8) is 0 Å². The Morgan fingerprint density at radius 3 is 2.50 bits per heavy atom. The molecule has 20 heavy (non-hydrogen) atoms. The first-order chi connectivity index (χ1) is 9.65. The summed E-state index contributed by atoms with van der Waals surface area (Å²) < 4.78 is 0. The Labute approximate surface area is 119 Å². The van der Waals surface area contributed by atoms with Crippen molar-refractivity contribution in [2.45, 2.75) is 51.1 Å². The normalized spacial score (nSPS) is 16.6. The lowest BCUT2D eigenvalue weighted by molar-refractivity contribution is -0.122. The van der Waals surface area contributed by atoms with E-state index in [9.17, 15) is 9.59 Å². The Morgan fingerprint density at radius 2 is 1.85 bits per heavy atom. The van der Waals surface area contributed by atoms with Crippen LogP contribution >= 0.6 is 0 Å². The lowest BCUT2D eigenvalue weighted by Gasteiger charge is -2.16. The Kier molecular flexibility index (Phi) is 5.16. The molecule has 2 amide bonds. The van der Waals surface area contributed by atoms with Crippen LogP contribution in [0.4, 0.5) is 0 Å². The molecule has 1 atom stereocenters. The van der Waals surface area contributed by atoms with Gasteiger partial charge in [-0.15, -0.1) is 0 Å². The summed E-state index contributed by atoms with van der Waals surface area (Å²) in [5.41, 5.74) is 0.621. The summed E-state index contributed by atoms with van der Waals surface area (Å²) in [4.78, 5) is 23.8. The van der Waals surface area contributed by atoms with Crippen molar-refractivity contribution >= 4 is 11.8 Å². The van der Waals surface area contributed by atoms with Gasteiger partial charge in [0.25, 0.3) is 5.91 Å². The van der Waals surface area contributed by atoms with Gasteiger partial charge in [0.05, 0.1) is 0 Å². The standard InChI is InChI=1S/C16H22N2O2/c1-12(11-15(19)18-14-9-5-6-10-14)17-16(20)13-7-3-2-4-8-13/h2-4,7-8,12,14H,5-6,9-11H2,1H3,(H,17,20)(H,18,19). The molecule has 1 aliphatic rings. The summed E-state index contributed by atoms with van der Waals surface area (Å²) in [6.45, 7) is 1.86. The number of carbonyl (C=O) groups excluding carboxylic acids is 2. The number of carbonyl (C=O) groups is 2. The fraction of sp³-hybridized carbons (Fsp3) is 0.500. The SMILES string of the molecule is CC(CC(=O)NC1CCCC1)NC(=O)c1ccccc1. The highest BCUT2D eigenvalue weighted by Gasteiger charge is 2.19. The molecule has 0 saturated heterocycles. The molecule has 2 rings (SSSR count). The first-order valence-electron chi connectivity index (χ1n) is 7.30. The van der Waals surface area contributed by atoms with Gasteiger partial charge in [0.2, 0.25) is 5.91 Å². The van der Waals surface area contributed by atoms with E-state index in [2.05, 4.69) is 10.6 Å². The average molecular weight is 274 g/mol. The van der Waals surface area contributed by atoms with Crippen molar-refractivity contribution in [1.82, 2.24) is 10.6 Å². The Hall–Kier alpha value is -1.84. The van der Waals surface area contributed by atoms with Crippen LogP contribution in [0.5, 0.6) is 0 Å². The summed E-state index contributed by atoms with van der Waals surface area (Å²) >= 11 is 0. The lowest BCUT2D eigenvalue weighted by atomic mass is 10.1. The molecule has 0 aromatic heterocycles. The molecule has 4 heteroatoms. The Bertz CT molecular complexity index is 453. The van der Waals surface area contributed by atoms with Gasteiger partial charge in [0.1, 0.15) is 0 Å².